The van der Waals surface area contributed by atoms with Crippen molar-refractivity contribution in [2.24, 2.45) is 0 Å². The molecule has 3 aromatic carbocycles. The number of imidazole rings is 1. The van der Waals surface area contributed by atoms with Crippen LogP contribution in [0.3, 0.4) is 0 Å². The maximum atomic E-state index is 6.45. The molecular formula is C25H21ClN4. The Bertz CT molecular complexity index is 1320. The van der Waals surface area contributed by atoms with E-state index in [9.17, 15) is 0 Å². The van der Waals surface area contributed by atoms with Crippen LogP contribution in [0.1, 0.15) is 16.8 Å². The predicted octanol–water partition coefficient (Wildman–Crippen LogP) is 6.37. The SMILES string of the molecule is Cc1cccc(Cl)c1Nc1nc2ccccc2n2c(CCc3ccccc3)cnc12. The zero-order valence-electron chi connectivity index (χ0n) is 16.6. The van der Waals surface area contributed by atoms with E-state index >= 15 is 0 Å². The number of rotatable bonds is 5. The van der Waals surface area contributed by atoms with Gasteiger partial charge in [-0.3, -0.25) is 4.40 Å². The Labute approximate surface area is 180 Å². The zero-order valence-corrected chi connectivity index (χ0v) is 17.4. The van der Waals surface area contributed by atoms with E-state index in [4.69, 9.17) is 21.6 Å². The lowest BCUT2D eigenvalue weighted by atomic mass is 10.1. The first-order valence-corrected chi connectivity index (χ1v) is 10.4. The van der Waals surface area contributed by atoms with E-state index in [2.05, 4.69) is 40.0 Å². The second kappa shape index (κ2) is 7.81. The van der Waals surface area contributed by atoms with Gasteiger partial charge in [0.15, 0.2) is 11.5 Å². The van der Waals surface area contributed by atoms with Gasteiger partial charge in [-0.05, 0) is 49.1 Å². The van der Waals surface area contributed by atoms with Gasteiger partial charge in [0.05, 0.1) is 21.7 Å². The summed E-state index contributed by atoms with van der Waals surface area (Å²) >= 11 is 6.45. The number of para-hydroxylation sites is 3. The minimum absolute atomic E-state index is 0.666. The Morgan fingerprint density at radius 3 is 2.53 bits per heavy atom. The molecule has 5 rings (SSSR count). The molecule has 0 aliphatic heterocycles. The topological polar surface area (TPSA) is 42.2 Å². The van der Waals surface area contributed by atoms with Gasteiger partial charge < -0.3 is 5.32 Å². The van der Waals surface area contributed by atoms with Gasteiger partial charge >= 0.3 is 0 Å². The fourth-order valence-electron chi connectivity index (χ4n) is 3.83. The molecule has 0 fully saturated rings. The summed E-state index contributed by atoms with van der Waals surface area (Å²) in [6.07, 6.45) is 3.80. The van der Waals surface area contributed by atoms with Crippen molar-refractivity contribution in [1.82, 2.24) is 14.4 Å². The Morgan fingerprint density at radius 1 is 0.900 bits per heavy atom. The maximum absolute atomic E-state index is 6.45. The van der Waals surface area contributed by atoms with Crippen molar-refractivity contribution in [1.29, 1.82) is 0 Å². The molecular weight excluding hydrogens is 392 g/mol. The largest absolute Gasteiger partial charge is 0.336 e. The summed E-state index contributed by atoms with van der Waals surface area (Å²) < 4.78 is 2.21. The first kappa shape index (κ1) is 18.6. The van der Waals surface area contributed by atoms with Gasteiger partial charge in [-0.2, -0.15) is 0 Å². The van der Waals surface area contributed by atoms with E-state index in [0.29, 0.717) is 10.8 Å². The summed E-state index contributed by atoms with van der Waals surface area (Å²) in [5.41, 5.74) is 7.16. The number of anilines is 2. The first-order valence-electron chi connectivity index (χ1n) is 10.0. The highest BCUT2D eigenvalue weighted by Gasteiger charge is 2.15. The molecule has 0 bridgehead atoms. The zero-order chi connectivity index (χ0) is 20.5. The summed E-state index contributed by atoms with van der Waals surface area (Å²) in [4.78, 5) is 9.59. The van der Waals surface area contributed by atoms with Gasteiger partial charge in [0.25, 0.3) is 0 Å². The highest BCUT2D eigenvalue weighted by Crippen LogP contribution is 2.31. The quantitative estimate of drug-likeness (QED) is 0.364. The number of fused-ring (bicyclic) bond motifs is 3. The highest BCUT2D eigenvalue weighted by molar-refractivity contribution is 6.33. The van der Waals surface area contributed by atoms with Gasteiger partial charge in [0.2, 0.25) is 0 Å². The standard InChI is InChI=1S/C25H21ClN4/c1-17-8-7-11-20(26)23(17)29-24-25-27-16-19(15-14-18-9-3-2-4-10-18)30(25)22-13-6-5-12-21(22)28-24/h2-13,16H,14-15H2,1H3,(H,28,29). The Balaban J connectivity index is 1.62. The Hall–Kier alpha value is -3.37. The van der Waals surface area contributed by atoms with Crippen molar-refractivity contribution >= 4 is 39.8 Å². The molecule has 0 amide bonds. The monoisotopic (exact) mass is 412 g/mol. The highest BCUT2D eigenvalue weighted by atomic mass is 35.5. The van der Waals surface area contributed by atoms with Crippen molar-refractivity contribution in [2.75, 3.05) is 5.32 Å². The molecule has 2 aromatic heterocycles. The average molecular weight is 413 g/mol. The summed E-state index contributed by atoms with van der Waals surface area (Å²) in [7, 11) is 0. The van der Waals surface area contributed by atoms with Crippen LogP contribution < -0.4 is 5.32 Å². The predicted molar refractivity (Wildman–Crippen MR) is 124 cm³/mol. The van der Waals surface area contributed by atoms with Gasteiger partial charge in [-0.25, -0.2) is 9.97 Å². The smallest absolute Gasteiger partial charge is 0.181 e. The molecule has 0 unspecified atom stereocenters. The Morgan fingerprint density at radius 2 is 1.70 bits per heavy atom. The molecule has 0 atom stereocenters. The van der Waals surface area contributed by atoms with Crippen LogP contribution in [0.2, 0.25) is 5.02 Å². The van der Waals surface area contributed by atoms with E-state index in [-0.39, 0.29) is 0 Å². The summed E-state index contributed by atoms with van der Waals surface area (Å²) in [5.74, 6) is 0.705. The molecule has 0 aliphatic rings. The van der Waals surface area contributed by atoms with E-state index in [0.717, 1.165) is 46.5 Å². The molecule has 0 aliphatic carbocycles. The van der Waals surface area contributed by atoms with Crippen LogP contribution in [-0.4, -0.2) is 14.4 Å². The van der Waals surface area contributed by atoms with Gasteiger partial charge in [0, 0.05) is 11.9 Å². The molecule has 0 radical (unpaired) electrons. The fourth-order valence-corrected chi connectivity index (χ4v) is 4.10. The van der Waals surface area contributed by atoms with Crippen LogP contribution in [-0.2, 0) is 12.8 Å². The van der Waals surface area contributed by atoms with Gasteiger partial charge in [-0.15, -0.1) is 0 Å². The minimum atomic E-state index is 0.666. The van der Waals surface area contributed by atoms with E-state index < -0.39 is 0 Å². The second-order valence-electron chi connectivity index (χ2n) is 7.40. The number of hydrogen-bond acceptors (Lipinski definition) is 3. The van der Waals surface area contributed by atoms with Crippen molar-refractivity contribution in [3.63, 3.8) is 0 Å². The minimum Gasteiger partial charge on any atom is -0.336 e. The molecule has 5 heteroatoms. The van der Waals surface area contributed by atoms with Crippen LogP contribution in [0.5, 0.6) is 0 Å². The number of nitrogens with zero attached hydrogens (tertiary/aromatic N) is 3. The summed E-state index contributed by atoms with van der Waals surface area (Å²) in [5, 5.41) is 4.10. The number of aromatic nitrogens is 3. The third-order valence-corrected chi connectivity index (χ3v) is 5.69. The lowest BCUT2D eigenvalue weighted by Gasteiger charge is -2.14. The molecule has 5 aromatic rings. The van der Waals surface area contributed by atoms with E-state index in [1.54, 1.807) is 0 Å². The lowest BCUT2D eigenvalue weighted by molar-refractivity contribution is 0.906. The number of aryl methyl sites for hydroxylation is 3. The summed E-state index contributed by atoms with van der Waals surface area (Å²) in [6, 6.07) is 24.6. The van der Waals surface area contributed by atoms with Gasteiger partial charge in [0.1, 0.15) is 0 Å². The lowest BCUT2D eigenvalue weighted by Crippen LogP contribution is -2.04. The molecule has 30 heavy (non-hydrogen) atoms. The van der Waals surface area contributed by atoms with E-state index in [1.807, 2.05) is 55.6 Å². The second-order valence-corrected chi connectivity index (χ2v) is 7.81. The number of benzene rings is 3. The molecule has 4 nitrogen and oxygen atoms in total. The van der Waals surface area contributed by atoms with Crippen LogP contribution in [0, 0.1) is 6.92 Å². The van der Waals surface area contributed by atoms with Crippen molar-refractivity contribution in [2.45, 2.75) is 19.8 Å². The average Bonchev–Trinajstić information content (AvgIpc) is 3.20. The van der Waals surface area contributed by atoms with Crippen molar-refractivity contribution in [3.05, 3.63) is 101 Å². The fraction of sp³-hybridized carbons (Fsp3) is 0.120. The van der Waals surface area contributed by atoms with E-state index in [1.165, 1.54) is 5.56 Å². The molecule has 148 valence electrons. The van der Waals surface area contributed by atoms with Crippen LogP contribution >= 0.6 is 11.6 Å². The van der Waals surface area contributed by atoms with Crippen molar-refractivity contribution in [3.8, 4) is 0 Å². The number of nitrogens with one attached hydrogen (secondary N) is 1. The Kier molecular flexibility index (Phi) is 4.85. The molecule has 0 saturated heterocycles. The number of halogens is 1. The molecule has 1 N–H and O–H groups in total. The maximum Gasteiger partial charge on any atom is 0.181 e. The summed E-state index contributed by atoms with van der Waals surface area (Å²) in [6.45, 7) is 2.03. The van der Waals surface area contributed by atoms with Crippen LogP contribution in [0.4, 0.5) is 11.5 Å². The number of hydrogen-bond donors (Lipinski definition) is 1. The molecule has 0 saturated carbocycles. The van der Waals surface area contributed by atoms with Crippen LogP contribution in [0.15, 0.2) is 79.0 Å². The molecule has 2 heterocycles. The normalized spacial score (nSPS) is 11.3. The van der Waals surface area contributed by atoms with Gasteiger partial charge in [-0.1, -0.05) is 66.2 Å². The first-order chi connectivity index (χ1) is 14.7. The van der Waals surface area contributed by atoms with Crippen molar-refractivity contribution < 1.29 is 0 Å². The van der Waals surface area contributed by atoms with Crippen LogP contribution in [0.25, 0.3) is 16.7 Å². The third kappa shape index (κ3) is 3.40. The molecule has 0 spiro atoms. The third-order valence-electron chi connectivity index (χ3n) is 5.38.